The van der Waals surface area contributed by atoms with Crippen LogP contribution in [0.2, 0.25) is 5.15 Å². The van der Waals surface area contributed by atoms with E-state index in [0.29, 0.717) is 22.4 Å². The summed E-state index contributed by atoms with van der Waals surface area (Å²) in [6, 6.07) is 8.53. The largest absolute Gasteiger partial charge is 0.380 e. The molecule has 30 heavy (non-hydrogen) atoms. The number of fused-ring (bicyclic) bond motifs is 1. The second kappa shape index (κ2) is 8.11. The number of aromatic nitrogens is 3. The molecule has 0 saturated carbocycles. The molecule has 0 spiro atoms. The topological polar surface area (TPSA) is 50.7 Å². The number of nitrogens with zero attached hydrogens (tertiary/aromatic N) is 3. The van der Waals surface area contributed by atoms with Gasteiger partial charge < -0.3 is 5.32 Å². The van der Waals surface area contributed by atoms with Crippen LogP contribution in [0.5, 0.6) is 0 Å². The van der Waals surface area contributed by atoms with Crippen LogP contribution in [0.4, 0.5) is 14.5 Å². The van der Waals surface area contributed by atoms with Crippen LogP contribution in [0, 0.1) is 0 Å². The molecule has 0 aliphatic heterocycles. The van der Waals surface area contributed by atoms with Crippen LogP contribution in [0.3, 0.4) is 0 Å². The molecule has 154 valence electrons. The van der Waals surface area contributed by atoms with Gasteiger partial charge in [-0.15, -0.1) is 0 Å². The van der Waals surface area contributed by atoms with Crippen molar-refractivity contribution in [2.45, 2.75) is 37.9 Å². The number of anilines is 1. The Kier molecular flexibility index (Phi) is 5.52. The summed E-state index contributed by atoms with van der Waals surface area (Å²) in [5.41, 5.74) is -0.386. The van der Waals surface area contributed by atoms with Gasteiger partial charge in [-0.25, -0.2) is 23.7 Å². The van der Waals surface area contributed by atoms with E-state index in [0.717, 1.165) is 6.42 Å². The lowest BCUT2D eigenvalue weighted by atomic mass is 9.75. The van der Waals surface area contributed by atoms with Crippen LogP contribution in [0.1, 0.15) is 37.3 Å². The van der Waals surface area contributed by atoms with Crippen molar-refractivity contribution < 1.29 is 8.78 Å². The standard InChI is InChI=1S/C23H21ClF2N4/c1-3-14(2)29-19-17(21(24)30-22-20(19)27-12-13-28-22)18-16(25)10-7-11-23(18,26)15-8-5-4-6-9-15/h4-14,18H,3H2,1-2H3,(H,28,29,30). The molecule has 4 rings (SSSR count). The minimum Gasteiger partial charge on any atom is -0.380 e. The molecule has 3 aromatic rings. The third kappa shape index (κ3) is 3.45. The normalized spacial score (nSPS) is 22.0. The first-order chi connectivity index (χ1) is 14.5. The molecule has 3 atom stereocenters. The number of nitrogens with one attached hydrogen (secondary N) is 1. The van der Waals surface area contributed by atoms with Crippen molar-refractivity contribution in [1.82, 2.24) is 15.0 Å². The molecule has 0 saturated heterocycles. The Bertz CT molecular complexity index is 1130. The highest BCUT2D eigenvalue weighted by Crippen LogP contribution is 2.52. The molecule has 2 heterocycles. The molecule has 0 radical (unpaired) electrons. The van der Waals surface area contributed by atoms with E-state index < -0.39 is 17.4 Å². The molecule has 0 fully saturated rings. The van der Waals surface area contributed by atoms with Gasteiger partial charge >= 0.3 is 0 Å². The van der Waals surface area contributed by atoms with E-state index in [1.807, 2.05) is 13.8 Å². The van der Waals surface area contributed by atoms with Gasteiger partial charge in [-0.1, -0.05) is 54.9 Å². The van der Waals surface area contributed by atoms with Gasteiger partial charge in [0.1, 0.15) is 16.5 Å². The van der Waals surface area contributed by atoms with Crippen molar-refractivity contribution in [1.29, 1.82) is 0 Å². The molecule has 0 amide bonds. The molecule has 1 aliphatic carbocycles. The zero-order valence-electron chi connectivity index (χ0n) is 16.6. The predicted molar refractivity (Wildman–Crippen MR) is 116 cm³/mol. The Labute approximate surface area is 178 Å². The monoisotopic (exact) mass is 426 g/mol. The number of benzene rings is 1. The summed E-state index contributed by atoms with van der Waals surface area (Å²) in [6.07, 6.45) is 7.84. The quantitative estimate of drug-likeness (QED) is 0.489. The summed E-state index contributed by atoms with van der Waals surface area (Å²) in [6.45, 7) is 3.99. The molecular weight excluding hydrogens is 406 g/mol. The number of hydrogen-bond donors (Lipinski definition) is 1. The van der Waals surface area contributed by atoms with Crippen molar-refractivity contribution in [3.05, 3.63) is 83.1 Å². The van der Waals surface area contributed by atoms with Crippen LogP contribution in [-0.4, -0.2) is 21.0 Å². The Morgan fingerprint density at radius 1 is 1.20 bits per heavy atom. The summed E-state index contributed by atoms with van der Waals surface area (Å²) < 4.78 is 31.9. The number of pyridine rings is 1. The molecule has 7 heteroatoms. The molecule has 0 bridgehead atoms. The fraction of sp³-hybridized carbons (Fsp3) is 0.261. The average Bonchev–Trinajstić information content (AvgIpc) is 2.75. The van der Waals surface area contributed by atoms with Gasteiger partial charge in [-0.05, 0) is 31.1 Å². The number of hydrogen-bond acceptors (Lipinski definition) is 4. The summed E-state index contributed by atoms with van der Waals surface area (Å²) in [7, 11) is 0. The van der Waals surface area contributed by atoms with Crippen molar-refractivity contribution in [2.24, 2.45) is 0 Å². The van der Waals surface area contributed by atoms with Crippen LogP contribution in [0.25, 0.3) is 11.2 Å². The second-order valence-electron chi connectivity index (χ2n) is 7.35. The van der Waals surface area contributed by atoms with Gasteiger partial charge in [0.25, 0.3) is 0 Å². The predicted octanol–water partition coefficient (Wildman–Crippen LogP) is 6.26. The molecule has 1 aliphatic rings. The van der Waals surface area contributed by atoms with Crippen molar-refractivity contribution in [3.8, 4) is 0 Å². The smallest absolute Gasteiger partial charge is 0.181 e. The lowest BCUT2D eigenvalue weighted by Crippen LogP contribution is -2.31. The van der Waals surface area contributed by atoms with Crippen LogP contribution >= 0.6 is 11.6 Å². The minimum atomic E-state index is -2.15. The second-order valence-corrected chi connectivity index (χ2v) is 7.71. The molecule has 2 aromatic heterocycles. The van der Waals surface area contributed by atoms with Crippen molar-refractivity contribution in [2.75, 3.05) is 5.32 Å². The maximum absolute atomic E-state index is 16.6. The molecule has 1 aromatic carbocycles. The van der Waals surface area contributed by atoms with Gasteiger partial charge in [0.15, 0.2) is 11.3 Å². The Balaban J connectivity index is 2.01. The van der Waals surface area contributed by atoms with E-state index in [4.69, 9.17) is 11.6 Å². The van der Waals surface area contributed by atoms with Gasteiger partial charge in [-0.3, -0.25) is 0 Å². The van der Waals surface area contributed by atoms with E-state index in [-0.39, 0.29) is 16.8 Å². The van der Waals surface area contributed by atoms with Gasteiger partial charge in [0.05, 0.1) is 11.6 Å². The van der Waals surface area contributed by atoms with E-state index in [1.165, 1.54) is 30.6 Å². The number of rotatable bonds is 5. The zero-order valence-corrected chi connectivity index (χ0v) is 17.4. The van der Waals surface area contributed by atoms with E-state index in [1.54, 1.807) is 30.3 Å². The summed E-state index contributed by atoms with van der Waals surface area (Å²) in [5.74, 6) is -1.95. The molecule has 3 unspecified atom stereocenters. The van der Waals surface area contributed by atoms with E-state index in [9.17, 15) is 0 Å². The first-order valence-corrected chi connectivity index (χ1v) is 10.2. The Morgan fingerprint density at radius 2 is 1.93 bits per heavy atom. The molecular formula is C23H21ClF2N4. The third-order valence-electron chi connectivity index (χ3n) is 5.41. The van der Waals surface area contributed by atoms with Crippen LogP contribution < -0.4 is 5.32 Å². The Morgan fingerprint density at radius 3 is 2.67 bits per heavy atom. The number of alkyl halides is 1. The average molecular weight is 427 g/mol. The number of allylic oxidation sites excluding steroid dienone is 4. The fourth-order valence-electron chi connectivity index (χ4n) is 3.71. The lowest BCUT2D eigenvalue weighted by molar-refractivity contribution is 0.185. The van der Waals surface area contributed by atoms with E-state index >= 15 is 8.78 Å². The summed E-state index contributed by atoms with van der Waals surface area (Å²) in [4.78, 5) is 12.9. The number of halogens is 3. The van der Waals surface area contributed by atoms with Gasteiger partial charge in [0.2, 0.25) is 0 Å². The highest BCUT2D eigenvalue weighted by atomic mass is 35.5. The van der Waals surface area contributed by atoms with Gasteiger partial charge in [-0.2, -0.15) is 0 Å². The Hall–Kier alpha value is -2.86. The third-order valence-corrected chi connectivity index (χ3v) is 5.70. The first kappa shape index (κ1) is 20.4. The lowest BCUT2D eigenvalue weighted by Gasteiger charge is -2.35. The van der Waals surface area contributed by atoms with Crippen molar-refractivity contribution in [3.63, 3.8) is 0 Å². The van der Waals surface area contributed by atoms with Crippen LogP contribution in [0.15, 0.2) is 66.8 Å². The highest BCUT2D eigenvalue weighted by Gasteiger charge is 2.46. The van der Waals surface area contributed by atoms with E-state index in [2.05, 4.69) is 20.3 Å². The maximum Gasteiger partial charge on any atom is 0.181 e. The highest BCUT2D eigenvalue weighted by molar-refractivity contribution is 6.31. The summed E-state index contributed by atoms with van der Waals surface area (Å²) in [5, 5.41) is 3.34. The molecule has 1 N–H and O–H groups in total. The SMILES string of the molecule is CCC(C)Nc1c(C2C(F)=CC=CC2(F)c2ccccc2)c(Cl)nc2nccnc12. The minimum absolute atomic E-state index is 0.00407. The zero-order chi connectivity index (χ0) is 21.3. The fourth-order valence-corrected chi connectivity index (χ4v) is 3.99. The molecule has 4 nitrogen and oxygen atoms in total. The van der Waals surface area contributed by atoms with Crippen molar-refractivity contribution >= 4 is 28.5 Å². The van der Waals surface area contributed by atoms with Gasteiger partial charge in [0, 0.05) is 24.0 Å². The maximum atomic E-state index is 16.6. The first-order valence-electron chi connectivity index (χ1n) is 9.81. The van der Waals surface area contributed by atoms with Crippen LogP contribution in [-0.2, 0) is 5.67 Å². The summed E-state index contributed by atoms with van der Waals surface area (Å²) >= 11 is 6.54.